The van der Waals surface area contributed by atoms with E-state index in [-0.39, 0.29) is 0 Å². The summed E-state index contributed by atoms with van der Waals surface area (Å²) in [7, 11) is 3.73. The van der Waals surface area contributed by atoms with E-state index in [2.05, 4.69) is 15.4 Å². The monoisotopic (exact) mass is 257 g/mol. The number of halogens is 3. The minimum absolute atomic E-state index is 0.420. The second-order valence-electron chi connectivity index (χ2n) is 3.81. The number of benzene rings is 1. The Kier molecular flexibility index (Phi) is 2.93. The van der Waals surface area contributed by atoms with Gasteiger partial charge in [-0.2, -0.15) is 13.2 Å². The third-order valence-electron chi connectivity index (χ3n) is 2.26. The summed E-state index contributed by atoms with van der Waals surface area (Å²) in [6, 6.07) is 6.76. The molecule has 0 aliphatic heterocycles. The highest BCUT2D eigenvalue weighted by atomic mass is 19.4. The van der Waals surface area contributed by atoms with E-state index in [1.54, 1.807) is 24.3 Å². The van der Waals surface area contributed by atoms with Crippen molar-refractivity contribution >= 4 is 5.69 Å². The molecule has 0 fully saturated rings. The molecule has 0 spiro atoms. The Morgan fingerprint density at radius 2 is 1.72 bits per heavy atom. The van der Waals surface area contributed by atoms with Crippen LogP contribution in [0.3, 0.4) is 0 Å². The highest BCUT2D eigenvalue weighted by Gasteiger charge is 2.36. The van der Waals surface area contributed by atoms with Gasteiger partial charge >= 0.3 is 6.18 Å². The first-order valence-corrected chi connectivity index (χ1v) is 5.03. The first kappa shape index (κ1) is 12.3. The molecule has 0 saturated heterocycles. The van der Waals surface area contributed by atoms with E-state index in [1.807, 2.05) is 19.0 Å². The summed E-state index contributed by atoms with van der Waals surface area (Å²) in [5, 5.41) is 9.62. The average Bonchev–Trinajstić information content (AvgIpc) is 2.78. The fraction of sp³-hybridized carbons (Fsp3) is 0.300. The highest BCUT2D eigenvalue weighted by molar-refractivity contribution is 5.49. The van der Waals surface area contributed by atoms with Crippen LogP contribution in [0.15, 0.2) is 24.3 Å². The standard InChI is InChI=1S/C10H10F3N5/c1-17(2)7-3-5-8(6-4-7)18-15-9(14-16-18)10(11,12)13/h3-6H,1-2H3. The van der Waals surface area contributed by atoms with Crippen LogP contribution in [0.5, 0.6) is 0 Å². The van der Waals surface area contributed by atoms with Gasteiger partial charge in [0.05, 0.1) is 5.69 Å². The third kappa shape index (κ3) is 2.41. The summed E-state index contributed by atoms with van der Waals surface area (Å²) >= 11 is 0. The Morgan fingerprint density at radius 3 is 2.17 bits per heavy atom. The molecule has 0 aliphatic rings. The van der Waals surface area contributed by atoms with E-state index in [9.17, 15) is 13.2 Å². The fourth-order valence-corrected chi connectivity index (χ4v) is 1.32. The van der Waals surface area contributed by atoms with Crippen LogP contribution in [0.25, 0.3) is 5.69 Å². The second-order valence-corrected chi connectivity index (χ2v) is 3.81. The molecule has 1 aromatic heterocycles. The molecule has 5 nitrogen and oxygen atoms in total. The molecule has 2 rings (SSSR count). The molecule has 0 amide bonds. The molecule has 2 aromatic rings. The Balaban J connectivity index is 2.29. The van der Waals surface area contributed by atoms with Crippen LogP contribution in [-0.4, -0.2) is 34.3 Å². The summed E-state index contributed by atoms with van der Waals surface area (Å²) in [6.45, 7) is 0. The van der Waals surface area contributed by atoms with Crippen molar-refractivity contribution in [3.63, 3.8) is 0 Å². The number of nitrogens with zero attached hydrogens (tertiary/aromatic N) is 5. The maximum Gasteiger partial charge on any atom is 0.455 e. The van der Waals surface area contributed by atoms with Crippen LogP contribution >= 0.6 is 0 Å². The Hall–Kier alpha value is -2.12. The lowest BCUT2D eigenvalue weighted by Crippen LogP contribution is -2.09. The van der Waals surface area contributed by atoms with Gasteiger partial charge < -0.3 is 4.90 Å². The Labute approximate surface area is 101 Å². The van der Waals surface area contributed by atoms with Crippen LogP contribution < -0.4 is 4.90 Å². The van der Waals surface area contributed by atoms with Crippen molar-refractivity contribution in [2.75, 3.05) is 19.0 Å². The maximum atomic E-state index is 12.3. The number of aromatic nitrogens is 4. The smallest absolute Gasteiger partial charge is 0.378 e. The van der Waals surface area contributed by atoms with Gasteiger partial charge in [-0.3, -0.25) is 0 Å². The Bertz CT molecular complexity index is 529. The molecule has 8 heteroatoms. The van der Waals surface area contributed by atoms with Gasteiger partial charge in [-0.25, -0.2) is 0 Å². The van der Waals surface area contributed by atoms with Crippen molar-refractivity contribution < 1.29 is 13.2 Å². The number of rotatable bonds is 2. The topological polar surface area (TPSA) is 46.8 Å². The number of alkyl halides is 3. The molecule has 0 unspecified atom stereocenters. The molecular weight excluding hydrogens is 247 g/mol. The van der Waals surface area contributed by atoms with Crippen molar-refractivity contribution in [2.45, 2.75) is 6.18 Å². The molecule has 0 bridgehead atoms. The van der Waals surface area contributed by atoms with Gasteiger partial charge in [0.15, 0.2) is 0 Å². The van der Waals surface area contributed by atoms with E-state index >= 15 is 0 Å². The fourth-order valence-electron chi connectivity index (χ4n) is 1.32. The molecule has 0 radical (unpaired) electrons. The van der Waals surface area contributed by atoms with Crippen LogP contribution in [0, 0.1) is 0 Å². The van der Waals surface area contributed by atoms with Gasteiger partial charge in [-0.05, 0) is 29.5 Å². The molecule has 0 aliphatic carbocycles. The molecule has 0 N–H and O–H groups in total. The third-order valence-corrected chi connectivity index (χ3v) is 2.26. The first-order chi connectivity index (χ1) is 8.38. The molecule has 1 aromatic carbocycles. The summed E-state index contributed by atoms with van der Waals surface area (Å²) in [6.07, 6.45) is -4.58. The summed E-state index contributed by atoms with van der Waals surface area (Å²) in [4.78, 5) is 2.72. The van der Waals surface area contributed by atoms with E-state index < -0.39 is 12.0 Å². The molecule has 0 atom stereocenters. The second kappa shape index (κ2) is 4.28. The normalized spacial score (nSPS) is 11.6. The highest BCUT2D eigenvalue weighted by Crippen LogP contribution is 2.25. The van der Waals surface area contributed by atoms with Gasteiger partial charge in [-0.1, -0.05) is 0 Å². The summed E-state index contributed by atoms with van der Waals surface area (Å²) in [5.74, 6) is -1.25. The Morgan fingerprint density at radius 1 is 1.11 bits per heavy atom. The van der Waals surface area contributed by atoms with E-state index in [0.29, 0.717) is 5.69 Å². The summed E-state index contributed by atoms with van der Waals surface area (Å²) < 4.78 is 36.9. The number of hydrogen-bond donors (Lipinski definition) is 0. The summed E-state index contributed by atoms with van der Waals surface area (Å²) in [5.41, 5.74) is 1.35. The van der Waals surface area contributed by atoms with Crippen LogP contribution in [0.4, 0.5) is 18.9 Å². The zero-order valence-electron chi connectivity index (χ0n) is 9.68. The van der Waals surface area contributed by atoms with Crippen molar-refractivity contribution in [2.24, 2.45) is 0 Å². The van der Waals surface area contributed by atoms with Gasteiger partial charge in [0, 0.05) is 19.8 Å². The first-order valence-electron chi connectivity index (χ1n) is 5.03. The van der Waals surface area contributed by atoms with Crippen LogP contribution in [-0.2, 0) is 6.18 Å². The van der Waals surface area contributed by atoms with Crippen molar-refractivity contribution in [3.05, 3.63) is 30.1 Å². The molecule has 96 valence electrons. The number of tetrazole rings is 1. The van der Waals surface area contributed by atoms with Crippen LogP contribution in [0.1, 0.15) is 5.82 Å². The lowest BCUT2D eigenvalue weighted by molar-refractivity contribution is -0.145. The zero-order valence-corrected chi connectivity index (χ0v) is 9.68. The maximum absolute atomic E-state index is 12.3. The predicted octanol–water partition coefficient (Wildman–Crippen LogP) is 1.75. The van der Waals surface area contributed by atoms with Crippen molar-refractivity contribution in [1.82, 2.24) is 20.2 Å². The molecule has 18 heavy (non-hydrogen) atoms. The van der Waals surface area contributed by atoms with Crippen LogP contribution in [0.2, 0.25) is 0 Å². The van der Waals surface area contributed by atoms with E-state index in [0.717, 1.165) is 10.5 Å². The minimum Gasteiger partial charge on any atom is -0.378 e. The zero-order chi connectivity index (χ0) is 13.3. The van der Waals surface area contributed by atoms with Crippen molar-refractivity contribution in [3.8, 4) is 5.69 Å². The predicted molar refractivity (Wildman–Crippen MR) is 58.5 cm³/mol. The van der Waals surface area contributed by atoms with Crippen molar-refractivity contribution in [1.29, 1.82) is 0 Å². The van der Waals surface area contributed by atoms with E-state index in [1.165, 1.54) is 0 Å². The van der Waals surface area contributed by atoms with Gasteiger partial charge in [0.1, 0.15) is 0 Å². The van der Waals surface area contributed by atoms with Gasteiger partial charge in [0.2, 0.25) is 0 Å². The minimum atomic E-state index is -4.58. The molecular formula is C10H10F3N5. The number of hydrogen-bond acceptors (Lipinski definition) is 4. The molecule has 0 saturated carbocycles. The quantitative estimate of drug-likeness (QED) is 0.822. The average molecular weight is 257 g/mol. The number of anilines is 1. The van der Waals surface area contributed by atoms with Gasteiger partial charge in [0.25, 0.3) is 5.82 Å². The lowest BCUT2D eigenvalue weighted by Gasteiger charge is -2.12. The SMILES string of the molecule is CN(C)c1ccc(-n2nnc(C(F)(F)F)n2)cc1. The van der Waals surface area contributed by atoms with E-state index in [4.69, 9.17) is 0 Å². The lowest BCUT2D eigenvalue weighted by atomic mass is 10.3. The largest absolute Gasteiger partial charge is 0.455 e. The van der Waals surface area contributed by atoms with Gasteiger partial charge in [-0.15, -0.1) is 15.0 Å². The molecule has 1 heterocycles.